The van der Waals surface area contributed by atoms with Crippen molar-refractivity contribution >= 4 is 5.91 Å². The molecular formula is C12H24N2O4. The number of hydrogen-bond acceptors (Lipinski definition) is 5. The lowest BCUT2D eigenvalue weighted by Gasteiger charge is -2.31. The number of morpholine rings is 1. The number of amides is 1. The summed E-state index contributed by atoms with van der Waals surface area (Å²) in [6.45, 7) is 6.35. The third-order valence-electron chi connectivity index (χ3n) is 3.08. The zero-order chi connectivity index (χ0) is 13.5. The van der Waals surface area contributed by atoms with Gasteiger partial charge in [0.05, 0.1) is 25.3 Å². The maximum Gasteiger partial charge on any atom is 0.239 e. The standard InChI is InChI=1S/C12H24N2O4/c1-9(13-10(2)12(16-3)17-4)11(15)14-5-7-18-8-6-14/h9-10,12-13H,5-8H2,1-4H3. The first-order valence-corrected chi connectivity index (χ1v) is 6.28. The maximum atomic E-state index is 12.2. The smallest absolute Gasteiger partial charge is 0.239 e. The average Bonchev–Trinajstić information content (AvgIpc) is 2.40. The van der Waals surface area contributed by atoms with Crippen LogP contribution in [0.3, 0.4) is 0 Å². The highest BCUT2D eigenvalue weighted by molar-refractivity contribution is 5.81. The molecule has 1 fully saturated rings. The fourth-order valence-electron chi connectivity index (χ4n) is 2.11. The van der Waals surface area contributed by atoms with E-state index in [9.17, 15) is 4.79 Å². The molecular weight excluding hydrogens is 236 g/mol. The van der Waals surface area contributed by atoms with Gasteiger partial charge in [0.25, 0.3) is 0 Å². The Kier molecular flexibility index (Phi) is 6.56. The molecule has 0 aromatic rings. The van der Waals surface area contributed by atoms with Gasteiger partial charge in [-0.05, 0) is 13.8 Å². The van der Waals surface area contributed by atoms with Crippen molar-refractivity contribution < 1.29 is 19.0 Å². The van der Waals surface area contributed by atoms with Crippen LogP contribution in [-0.4, -0.2) is 69.7 Å². The van der Waals surface area contributed by atoms with Crippen molar-refractivity contribution in [1.29, 1.82) is 0 Å². The van der Waals surface area contributed by atoms with E-state index in [2.05, 4.69) is 5.32 Å². The molecule has 2 atom stereocenters. The van der Waals surface area contributed by atoms with Gasteiger partial charge in [-0.15, -0.1) is 0 Å². The number of methoxy groups -OCH3 is 2. The summed E-state index contributed by atoms with van der Waals surface area (Å²) in [5, 5.41) is 3.20. The third kappa shape index (κ3) is 4.20. The molecule has 2 unspecified atom stereocenters. The van der Waals surface area contributed by atoms with E-state index in [0.717, 1.165) is 0 Å². The molecule has 1 rings (SSSR count). The summed E-state index contributed by atoms with van der Waals surface area (Å²) in [5.74, 6) is 0.0936. The van der Waals surface area contributed by atoms with Crippen molar-refractivity contribution in [2.75, 3.05) is 40.5 Å². The second-order valence-electron chi connectivity index (χ2n) is 4.45. The summed E-state index contributed by atoms with van der Waals surface area (Å²) in [5.41, 5.74) is 0. The summed E-state index contributed by atoms with van der Waals surface area (Å²) in [6, 6.07) is -0.314. The molecule has 0 bridgehead atoms. The fourth-order valence-corrected chi connectivity index (χ4v) is 2.11. The van der Waals surface area contributed by atoms with Crippen LogP contribution < -0.4 is 5.32 Å². The van der Waals surface area contributed by atoms with Crippen LogP contribution in [-0.2, 0) is 19.0 Å². The highest BCUT2D eigenvalue weighted by Crippen LogP contribution is 2.04. The molecule has 1 aliphatic rings. The number of rotatable bonds is 6. The van der Waals surface area contributed by atoms with Gasteiger partial charge in [-0.1, -0.05) is 0 Å². The van der Waals surface area contributed by atoms with E-state index in [1.54, 1.807) is 14.2 Å². The number of carbonyl (C=O) groups excluding carboxylic acids is 1. The van der Waals surface area contributed by atoms with E-state index in [1.165, 1.54) is 0 Å². The molecule has 0 saturated carbocycles. The SMILES string of the molecule is COC(OC)C(C)NC(C)C(=O)N1CCOCC1. The molecule has 1 aliphatic heterocycles. The van der Waals surface area contributed by atoms with Gasteiger partial charge in [-0.25, -0.2) is 0 Å². The van der Waals surface area contributed by atoms with Crippen LogP contribution in [0, 0.1) is 0 Å². The fraction of sp³-hybridized carbons (Fsp3) is 0.917. The van der Waals surface area contributed by atoms with E-state index in [0.29, 0.717) is 26.3 Å². The van der Waals surface area contributed by atoms with Crippen LogP contribution in [0.4, 0.5) is 0 Å². The van der Waals surface area contributed by atoms with Crippen LogP contribution in [0.2, 0.25) is 0 Å². The first kappa shape index (κ1) is 15.4. The summed E-state index contributed by atoms with van der Waals surface area (Å²) in [7, 11) is 3.17. The van der Waals surface area contributed by atoms with Crippen molar-refractivity contribution in [2.45, 2.75) is 32.2 Å². The van der Waals surface area contributed by atoms with Crippen molar-refractivity contribution in [3.8, 4) is 0 Å². The Labute approximate surface area is 109 Å². The number of hydrogen-bond donors (Lipinski definition) is 1. The third-order valence-corrected chi connectivity index (χ3v) is 3.08. The van der Waals surface area contributed by atoms with E-state index in [-0.39, 0.29) is 24.3 Å². The summed E-state index contributed by atoms with van der Waals surface area (Å²) >= 11 is 0. The number of nitrogens with zero attached hydrogens (tertiary/aromatic N) is 1. The molecule has 106 valence electrons. The van der Waals surface area contributed by atoms with E-state index in [1.807, 2.05) is 18.7 Å². The number of carbonyl (C=O) groups is 1. The summed E-state index contributed by atoms with van der Waals surface area (Å²) in [4.78, 5) is 14.0. The lowest BCUT2D eigenvalue weighted by molar-refractivity contribution is -0.140. The second kappa shape index (κ2) is 7.68. The second-order valence-corrected chi connectivity index (χ2v) is 4.45. The molecule has 0 spiro atoms. The van der Waals surface area contributed by atoms with Crippen molar-refractivity contribution in [2.24, 2.45) is 0 Å². The molecule has 0 aromatic heterocycles. The number of nitrogens with one attached hydrogen (secondary N) is 1. The van der Waals surface area contributed by atoms with Gasteiger partial charge < -0.3 is 19.1 Å². The predicted octanol–water partition coefficient (Wildman–Crippen LogP) is -0.169. The van der Waals surface area contributed by atoms with Gasteiger partial charge >= 0.3 is 0 Å². The van der Waals surface area contributed by atoms with Gasteiger partial charge in [0.1, 0.15) is 0 Å². The Balaban J connectivity index is 2.43. The van der Waals surface area contributed by atoms with E-state index < -0.39 is 0 Å². The van der Waals surface area contributed by atoms with Gasteiger partial charge in [0.15, 0.2) is 6.29 Å². The van der Waals surface area contributed by atoms with Crippen LogP contribution in [0.1, 0.15) is 13.8 Å². The molecule has 0 radical (unpaired) electrons. The van der Waals surface area contributed by atoms with Crippen molar-refractivity contribution in [1.82, 2.24) is 10.2 Å². The topological polar surface area (TPSA) is 60.0 Å². The van der Waals surface area contributed by atoms with Gasteiger partial charge in [-0.3, -0.25) is 10.1 Å². The summed E-state index contributed by atoms with van der Waals surface area (Å²) in [6.07, 6.45) is -0.357. The molecule has 1 N–H and O–H groups in total. The minimum atomic E-state index is -0.357. The highest BCUT2D eigenvalue weighted by atomic mass is 16.7. The maximum absolute atomic E-state index is 12.2. The lowest BCUT2D eigenvalue weighted by atomic mass is 10.2. The van der Waals surface area contributed by atoms with Crippen LogP contribution >= 0.6 is 0 Å². The molecule has 0 aromatic carbocycles. The first-order valence-electron chi connectivity index (χ1n) is 6.28. The van der Waals surface area contributed by atoms with Crippen LogP contribution in [0.25, 0.3) is 0 Å². The first-order chi connectivity index (χ1) is 8.60. The van der Waals surface area contributed by atoms with Crippen molar-refractivity contribution in [3.63, 3.8) is 0 Å². The Bertz CT molecular complexity index is 252. The molecule has 1 amide bonds. The summed E-state index contributed by atoms with van der Waals surface area (Å²) < 4.78 is 15.5. The largest absolute Gasteiger partial charge is 0.378 e. The lowest BCUT2D eigenvalue weighted by Crippen LogP contribution is -2.53. The molecule has 1 saturated heterocycles. The Morgan fingerprint density at radius 2 is 1.78 bits per heavy atom. The molecule has 1 heterocycles. The molecule has 0 aliphatic carbocycles. The van der Waals surface area contributed by atoms with Gasteiger partial charge in [0.2, 0.25) is 5.91 Å². The zero-order valence-electron chi connectivity index (χ0n) is 11.6. The molecule has 18 heavy (non-hydrogen) atoms. The van der Waals surface area contributed by atoms with E-state index >= 15 is 0 Å². The Morgan fingerprint density at radius 1 is 1.22 bits per heavy atom. The van der Waals surface area contributed by atoms with Crippen LogP contribution in [0.5, 0.6) is 0 Å². The van der Waals surface area contributed by atoms with Crippen molar-refractivity contribution in [3.05, 3.63) is 0 Å². The quantitative estimate of drug-likeness (QED) is 0.672. The zero-order valence-corrected chi connectivity index (χ0v) is 11.6. The number of ether oxygens (including phenoxy) is 3. The normalized spacial score (nSPS) is 19.9. The minimum Gasteiger partial charge on any atom is -0.378 e. The predicted molar refractivity (Wildman–Crippen MR) is 67.3 cm³/mol. The molecule has 6 heteroatoms. The van der Waals surface area contributed by atoms with Gasteiger partial charge in [-0.2, -0.15) is 0 Å². The Morgan fingerprint density at radius 3 is 2.28 bits per heavy atom. The monoisotopic (exact) mass is 260 g/mol. The van der Waals surface area contributed by atoms with Gasteiger partial charge in [0, 0.05) is 27.3 Å². The van der Waals surface area contributed by atoms with E-state index in [4.69, 9.17) is 14.2 Å². The molecule has 6 nitrogen and oxygen atoms in total. The average molecular weight is 260 g/mol. The Hall–Kier alpha value is -0.690. The van der Waals surface area contributed by atoms with Crippen LogP contribution in [0.15, 0.2) is 0 Å². The highest BCUT2D eigenvalue weighted by Gasteiger charge is 2.25. The minimum absolute atomic E-state index is 0.0556.